The lowest BCUT2D eigenvalue weighted by Crippen LogP contribution is -2.38. The molecule has 0 aromatic carbocycles. The van der Waals surface area contributed by atoms with Crippen LogP contribution in [0.15, 0.2) is 0 Å². The summed E-state index contributed by atoms with van der Waals surface area (Å²) in [7, 11) is 3.40. The van der Waals surface area contributed by atoms with Gasteiger partial charge in [0.05, 0.1) is 12.7 Å². The Morgan fingerprint density at radius 3 is 2.54 bits per heavy atom. The molecular weight excluding hydrogens is 190 g/mol. The second-order valence-corrected chi connectivity index (χ2v) is 3.46. The van der Waals surface area contributed by atoms with E-state index in [0.29, 0.717) is 18.5 Å². The number of rotatable bonds is 8. The standard InChI is InChI=1S/C9H20ClNO2/c1-8(13-3)6-11-9(4-5-10)7-12-2/h8-9,11H,4-7H2,1-3H3. The summed E-state index contributed by atoms with van der Waals surface area (Å²) < 4.78 is 10.2. The van der Waals surface area contributed by atoms with Gasteiger partial charge in [-0.15, -0.1) is 11.6 Å². The highest BCUT2D eigenvalue weighted by Crippen LogP contribution is 1.96. The van der Waals surface area contributed by atoms with Gasteiger partial charge >= 0.3 is 0 Å². The maximum Gasteiger partial charge on any atom is 0.0667 e. The Morgan fingerprint density at radius 2 is 2.08 bits per heavy atom. The largest absolute Gasteiger partial charge is 0.383 e. The first-order valence-corrected chi connectivity index (χ1v) is 5.09. The number of halogens is 1. The van der Waals surface area contributed by atoms with E-state index in [9.17, 15) is 0 Å². The number of hydrogen-bond acceptors (Lipinski definition) is 3. The number of hydrogen-bond donors (Lipinski definition) is 1. The Bertz CT molecular complexity index is 108. The zero-order chi connectivity index (χ0) is 10.1. The quantitative estimate of drug-likeness (QED) is 0.611. The number of nitrogens with one attached hydrogen (secondary N) is 1. The van der Waals surface area contributed by atoms with Crippen molar-refractivity contribution >= 4 is 11.6 Å². The fourth-order valence-electron chi connectivity index (χ4n) is 0.993. The highest BCUT2D eigenvalue weighted by molar-refractivity contribution is 6.17. The van der Waals surface area contributed by atoms with Crippen molar-refractivity contribution in [3.05, 3.63) is 0 Å². The van der Waals surface area contributed by atoms with E-state index >= 15 is 0 Å². The third-order valence-corrected chi connectivity index (χ3v) is 2.14. The van der Waals surface area contributed by atoms with Gasteiger partial charge in [-0.1, -0.05) is 0 Å². The monoisotopic (exact) mass is 209 g/mol. The topological polar surface area (TPSA) is 30.5 Å². The Morgan fingerprint density at radius 1 is 1.38 bits per heavy atom. The van der Waals surface area contributed by atoms with Crippen molar-refractivity contribution in [2.24, 2.45) is 0 Å². The van der Waals surface area contributed by atoms with Gasteiger partial charge in [-0.3, -0.25) is 0 Å². The molecule has 2 atom stereocenters. The summed E-state index contributed by atoms with van der Waals surface area (Å²) in [5, 5.41) is 3.34. The van der Waals surface area contributed by atoms with Crippen LogP contribution in [-0.4, -0.2) is 45.4 Å². The predicted molar refractivity (Wildman–Crippen MR) is 55.5 cm³/mol. The van der Waals surface area contributed by atoms with E-state index in [1.165, 1.54) is 0 Å². The molecule has 4 heteroatoms. The SMILES string of the molecule is COCC(CCCl)NCC(C)OC. The second-order valence-electron chi connectivity index (χ2n) is 3.08. The number of methoxy groups -OCH3 is 2. The highest BCUT2D eigenvalue weighted by atomic mass is 35.5. The van der Waals surface area contributed by atoms with Gasteiger partial charge in [-0.25, -0.2) is 0 Å². The minimum atomic E-state index is 0.231. The predicted octanol–water partition coefficient (Wildman–Crippen LogP) is 1.25. The lowest BCUT2D eigenvalue weighted by molar-refractivity contribution is 0.104. The minimum absolute atomic E-state index is 0.231. The molecule has 0 bridgehead atoms. The summed E-state index contributed by atoms with van der Waals surface area (Å²) in [6, 6.07) is 0.333. The maximum absolute atomic E-state index is 5.65. The van der Waals surface area contributed by atoms with Crippen LogP contribution in [-0.2, 0) is 9.47 Å². The molecule has 0 spiro atoms. The van der Waals surface area contributed by atoms with Crippen LogP contribution >= 0.6 is 11.6 Å². The third kappa shape index (κ3) is 7.26. The van der Waals surface area contributed by atoms with Gasteiger partial charge in [0.25, 0.3) is 0 Å². The Hall–Kier alpha value is 0.170. The average molecular weight is 210 g/mol. The molecule has 0 aliphatic rings. The van der Waals surface area contributed by atoms with Crippen LogP contribution < -0.4 is 5.32 Å². The highest BCUT2D eigenvalue weighted by Gasteiger charge is 2.08. The molecule has 1 N–H and O–H groups in total. The van der Waals surface area contributed by atoms with Crippen LogP contribution in [0.3, 0.4) is 0 Å². The Balaban J connectivity index is 3.55. The molecule has 0 amide bonds. The molecule has 80 valence electrons. The molecule has 0 radical (unpaired) electrons. The fraction of sp³-hybridized carbons (Fsp3) is 1.00. The van der Waals surface area contributed by atoms with Crippen molar-refractivity contribution in [1.29, 1.82) is 0 Å². The van der Waals surface area contributed by atoms with Crippen LogP contribution in [0.25, 0.3) is 0 Å². The Labute approximate surface area is 85.7 Å². The smallest absolute Gasteiger partial charge is 0.0667 e. The summed E-state index contributed by atoms with van der Waals surface area (Å²) in [5.41, 5.74) is 0. The molecule has 3 nitrogen and oxygen atoms in total. The molecule has 0 aliphatic carbocycles. The molecule has 0 saturated heterocycles. The van der Waals surface area contributed by atoms with Crippen LogP contribution in [0.1, 0.15) is 13.3 Å². The molecular formula is C9H20ClNO2. The zero-order valence-corrected chi connectivity index (χ0v) is 9.43. The van der Waals surface area contributed by atoms with Crippen molar-refractivity contribution < 1.29 is 9.47 Å². The van der Waals surface area contributed by atoms with Gasteiger partial charge < -0.3 is 14.8 Å². The molecule has 0 saturated carbocycles. The average Bonchev–Trinajstić information content (AvgIpc) is 2.14. The normalized spacial score (nSPS) is 15.7. The fourth-order valence-corrected chi connectivity index (χ4v) is 1.26. The molecule has 0 aliphatic heterocycles. The van der Waals surface area contributed by atoms with Crippen molar-refractivity contribution in [3.8, 4) is 0 Å². The van der Waals surface area contributed by atoms with Crippen molar-refractivity contribution in [2.45, 2.75) is 25.5 Å². The summed E-state index contributed by atoms with van der Waals surface area (Å²) in [4.78, 5) is 0. The van der Waals surface area contributed by atoms with Crippen molar-refractivity contribution in [1.82, 2.24) is 5.32 Å². The molecule has 0 fully saturated rings. The first-order chi connectivity index (χ1) is 6.24. The first kappa shape index (κ1) is 13.2. The van der Waals surface area contributed by atoms with Crippen LogP contribution in [0.4, 0.5) is 0 Å². The van der Waals surface area contributed by atoms with Gasteiger partial charge in [0, 0.05) is 32.7 Å². The lowest BCUT2D eigenvalue weighted by atomic mass is 10.2. The summed E-state index contributed by atoms with van der Waals surface area (Å²) in [6.07, 6.45) is 1.15. The van der Waals surface area contributed by atoms with Crippen molar-refractivity contribution in [3.63, 3.8) is 0 Å². The van der Waals surface area contributed by atoms with Gasteiger partial charge in [0.1, 0.15) is 0 Å². The van der Waals surface area contributed by atoms with Gasteiger partial charge in [-0.2, -0.15) is 0 Å². The molecule has 13 heavy (non-hydrogen) atoms. The Kier molecular flexibility index (Phi) is 8.87. The van der Waals surface area contributed by atoms with Crippen molar-refractivity contribution in [2.75, 3.05) is 33.3 Å². The number of ether oxygens (including phenoxy) is 2. The molecule has 0 rings (SSSR count). The molecule has 0 heterocycles. The maximum atomic E-state index is 5.65. The molecule has 2 unspecified atom stereocenters. The lowest BCUT2D eigenvalue weighted by Gasteiger charge is -2.19. The van der Waals surface area contributed by atoms with Crippen LogP contribution in [0.2, 0.25) is 0 Å². The zero-order valence-electron chi connectivity index (χ0n) is 8.68. The van der Waals surface area contributed by atoms with Gasteiger partial charge in [0.15, 0.2) is 0 Å². The minimum Gasteiger partial charge on any atom is -0.383 e. The third-order valence-electron chi connectivity index (χ3n) is 1.92. The van der Waals surface area contributed by atoms with Crippen LogP contribution in [0, 0.1) is 0 Å². The van der Waals surface area contributed by atoms with Gasteiger partial charge in [-0.05, 0) is 13.3 Å². The summed E-state index contributed by atoms with van der Waals surface area (Å²) in [6.45, 7) is 3.56. The van der Waals surface area contributed by atoms with E-state index in [1.54, 1.807) is 14.2 Å². The van der Waals surface area contributed by atoms with E-state index in [-0.39, 0.29) is 6.10 Å². The molecule has 0 aromatic rings. The van der Waals surface area contributed by atoms with E-state index in [1.807, 2.05) is 6.92 Å². The number of alkyl halides is 1. The van der Waals surface area contributed by atoms with E-state index in [0.717, 1.165) is 13.0 Å². The van der Waals surface area contributed by atoms with E-state index in [4.69, 9.17) is 21.1 Å². The second kappa shape index (κ2) is 8.75. The van der Waals surface area contributed by atoms with E-state index < -0.39 is 0 Å². The summed E-state index contributed by atoms with van der Waals surface area (Å²) in [5.74, 6) is 0.655. The van der Waals surface area contributed by atoms with Gasteiger partial charge in [0.2, 0.25) is 0 Å². The van der Waals surface area contributed by atoms with Crippen LogP contribution in [0.5, 0.6) is 0 Å². The molecule has 0 aromatic heterocycles. The first-order valence-electron chi connectivity index (χ1n) is 4.55. The summed E-state index contributed by atoms with van der Waals surface area (Å²) >= 11 is 5.65. The van der Waals surface area contributed by atoms with E-state index in [2.05, 4.69) is 5.32 Å².